The zero-order chi connectivity index (χ0) is 11.5. The Balaban J connectivity index is 2.86. The molecule has 1 N–H and O–H groups in total. The van der Waals surface area contributed by atoms with Gasteiger partial charge in [0.25, 0.3) is 0 Å². The minimum Gasteiger partial charge on any atom is -0.406 e. The summed E-state index contributed by atoms with van der Waals surface area (Å²) in [5.74, 6) is -0.258. The predicted octanol–water partition coefficient (Wildman–Crippen LogP) is 2.51. The molecule has 1 aromatic rings. The number of benzene rings is 1. The summed E-state index contributed by atoms with van der Waals surface area (Å²) in [5, 5.41) is 9.09. The fraction of sp³-hybridized carbons (Fsp3) is 0.400. The van der Waals surface area contributed by atoms with Crippen molar-refractivity contribution in [2.75, 3.05) is 0 Å². The van der Waals surface area contributed by atoms with Crippen molar-refractivity contribution in [1.29, 1.82) is 0 Å². The lowest BCUT2D eigenvalue weighted by Crippen LogP contribution is -2.18. The molecule has 0 aliphatic rings. The standard InChI is InChI=1S/C10H11F3O2/c1-7(14)6-8-4-2-3-5-9(8)15-10(11,12)13/h2-5,7,14H,6H2,1H3. The summed E-state index contributed by atoms with van der Waals surface area (Å²) in [7, 11) is 0. The first-order chi connectivity index (χ1) is 6.88. The zero-order valence-electron chi connectivity index (χ0n) is 8.08. The molecule has 0 saturated carbocycles. The van der Waals surface area contributed by atoms with Gasteiger partial charge in [-0.25, -0.2) is 0 Å². The zero-order valence-corrected chi connectivity index (χ0v) is 8.08. The van der Waals surface area contributed by atoms with E-state index in [2.05, 4.69) is 4.74 Å². The van der Waals surface area contributed by atoms with Crippen LogP contribution in [0.1, 0.15) is 12.5 Å². The average Bonchev–Trinajstić information content (AvgIpc) is 2.05. The molecule has 2 nitrogen and oxygen atoms in total. The van der Waals surface area contributed by atoms with Gasteiger partial charge < -0.3 is 9.84 Å². The highest BCUT2D eigenvalue weighted by Crippen LogP contribution is 2.26. The van der Waals surface area contributed by atoms with Crippen LogP contribution in [0.15, 0.2) is 24.3 Å². The topological polar surface area (TPSA) is 29.5 Å². The van der Waals surface area contributed by atoms with E-state index in [1.165, 1.54) is 25.1 Å². The molecule has 0 fully saturated rings. The summed E-state index contributed by atoms with van der Waals surface area (Å²) in [6, 6.07) is 5.77. The van der Waals surface area contributed by atoms with Crippen LogP contribution in [-0.4, -0.2) is 17.6 Å². The molecule has 0 radical (unpaired) electrons. The van der Waals surface area contributed by atoms with E-state index in [9.17, 15) is 13.2 Å². The lowest BCUT2D eigenvalue weighted by atomic mass is 10.1. The minimum atomic E-state index is -4.70. The summed E-state index contributed by atoms with van der Waals surface area (Å²) < 4.78 is 39.7. The van der Waals surface area contributed by atoms with Crippen molar-refractivity contribution in [1.82, 2.24) is 0 Å². The molecule has 0 saturated heterocycles. The number of halogens is 3. The lowest BCUT2D eigenvalue weighted by Gasteiger charge is -2.13. The Morgan fingerprint density at radius 3 is 2.47 bits per heavy atom. The molecule has 0 aliphatic heterocycles. The number of hydrogen-bond acceptors (Lipinski definition) is 2. The van der Waals surface area contributed by atoms with Crippen LogP contribution >= 0.6 is 0 Å². The fourth-order valence-electron chi connectivity index (χ4n) is 1.21. The molecule has 0 amide bonds. The molecule has 0 bridgehead atoms. The van der Waals surface area contributed by atoms with Crippen molar-refractivity contribution in [2.24, 2.45) is 0 Å². The van der Waals surface area contributed by atoms with Crippen molar-refractivity contribution in [3.8, 4) is 5.75 Å². The summed E-state index contributed by atoms with van der Waals surface area (Å²) in [6.45, 7) is 1.50. The molecular weight excluding hydrogens is 209 g/mol. The first-order valence-corrected chi connectivity index (χ1v) is 4.40. The first-order valence-electron chi connectivity index (χ1n) is 4.40. The molecule has 1 aromatic carbocycles. The van der Waals surface area contributed by atoms with Gasteiger partial charge in [0.15, 0.2) is 0 Å². The molecule has 84 valence electrons. The van der Waals surface area contributed by atoms with Crippen LogP contribution in [0.25, 0.3) is 0 Å². The number of hydrogen-bond donors (Lipinski definition) is 1. The first kappa shape index (κ1) is 11.8. The molecule has 1 atom stereocenters. The van der Waals surface area contributed by atoms with Crippen LogP contribution in [-0.2, 0) is 6.42 Å². The third-order valence-corrected chi connectivity index (χ3v) is 1.71. The molecule has 1 rings (SSSR count). The highest BCUT2D eigenvalue weighted by molar-refractivity contribution is 5.33. The fourth-order valence-corrected chi connectivity index (χ4v) is 1.21. The maximum atomic E-state index is 12.0. The van der Waals surface area contributed by atoms with Crippen molar-refractivity contribution < 1.29 is 23.0 Å². The second kappa shape index (κ2) is 4.53. The number of aliphatic hydroxyl groups excluding tert-OH is 1. The normalized spacial score (nSPS) is 13.7. The molecular formula is C10H11F3O2. The van der Waals surface area contributed by atoms with E-state index < -0.39 is 12.5 Å². The molecule has 5 heteroatoms. The van der Waals surface area contributed by atoms with Gasteiger partial charge in [-0.15, -0.1) is 13.2 Å². The SMILES string of the molecule is CC(O)Cc1ccccc1OC(F)(F)F. The van der Waals surface area contributed by atoms with Crippen molar-refractivity contribution >= 4 is 0 Å². The number of rotatable bonds is 3. The van der Waals surface area contributed by atoms with Gasteiger partial charge in [-0.1, -0.05) is 18.2 Å². The monoisotopic (exact) mass is 220 g/mol. The van der Waals surface area contributed by atoms with Crippen LogP contribution in [0.2, 0.25) is 0 Å². The Kier molecular flexibility index (Phi) is 3.57. The third kappa shape index (κ3) is 4.20. The Morgan fingerprint density at radius 1 is 1.33 bits per heavy atom. The van der Waals surface area contributed by atoms with Gasteiger partial charge in [0, 0.05) is 6.42 Å². The number of aliphatic hydroxyl groups is 1. The number of ether oxygens (including phenoxy) is 1. The molecule has 0 spiro atoms. The summed E-state index contributed by atoms with van der Waals surface area (Å²) in [5.41, 5.74) is 0.338. The predicted molar refractivity (Wildman–Crippen MR) is 48.5 cm³/mol. The Hall–Kier alpha value is -1.23. The molecule has 15 heavy (non-hydrogen) atoms. The second-order valence-electron chi connectivity index (χ2n) is 3.21. The van der Waals surface area contributed by atoms with Crippen LogP contribution in [0, 0.1) is 0 Å². The van der Waals surface area contributed by atoms with E-state index in [-0.39, 0.29) is 12.2 Å². The third-order valence-electron chi connectivity index (χ3n) is 1.71. The van der Waals surface area contributed by atoms with Crippen LogP contribution in [0.3, 0.4) is 0 Å². The summed E-state index contributed by atoms with van der Waals surface area (Å²) in [4.78, 5) is 0. The second-order valence-corrected chi connectivity index (χ2v) is 3.21. The van der Waals surface area contributed by atoms with Crippen LogP contribution in [0.4, 0.5) is 13.2 Å². The highest BCUT2D eigenvalue weighted by Gasteiger charge is 2.31. The maximum absolute atomic E-state index is 12.0. The molecule has 0 aromatic heterocycles. The quantitative estimate of drug-likeness (QED) is 0.848. The van der Waals surface area contributed by atoms with Crippen LogP contribution in [0.5, 0.6) is 5.75 Å². The number of para-hydroxylation sites is 1. The lowest BCUT2D eigenvalue weighted by molar-refractivity contribution is -0.274. The minimum absolute atomic E-state index is 0.131. The summed E-state index contributed by atoms with van der Waals surface area (Å²) >= 11 is 0. The van der Waals surface area contributed by atoms with Crippen molar-refractivity contribution in [3.63, 3.8) is 0 Å². The Morgan fingerprint density at radius 2 is 1.93 bits per heavy atom. The van der Waals surface area contributed by atoms with Gasteiger partial charge in [-0.05, 0) is 18.6 Å². The van der Waals surface area contributed by atoms with Gasteiger partial charge in [0.2, 0.25) is 0 Å². The van der Waals surface area contributed by atoms with E-state index in [1.54, 1.807) is 6.07 Å². The van der Waals surface area contributed by atoms with E-state index in [4.69, 9.17) is 5.11 Å². The van der Waals surface area contributed by atoms with Gasteiger partial charge in [0.1, 0.15) is 5.75 Å². The van der Waals surface area contributed by atoms with Gasteiger partial charge >= 0.3 is 6.36 Å². The van der Waals surface area contributed by atoms with E-state index >= 15 is 0 Å². The maximum Gasteiger partial charge on any atom is 0.573 e. The van der Waals surface area contributed by atoms with Gasteiger partial charge in [0.05, 0.1) is 6.10 Å². The van der Waals surface area contributed by atoms with E-state index in [0.29, 0.717) is 5.56 Å². The Labute approximate surface area is 85.3 Å². The van der Waals surface area contributed by atoms with E-state index in [0.717, 1.165) is 0 Å². The van der Waals surface area contributed by atoms with Gasteiger partial charge in [-0.3, -0.25) is 0 Å². The molecule has 0 heterocycles. The van der Waals surface area contributed by atoms with Gasteiger partial charge in [-0.2, -0.15) is 0 Å². The smallest absolute Gasteiger partial charge is 0.406 e. The average molecular weight is 220 g/mol. The van der Waals surface area contributed by atoms with E-state index in [1.807, 2.05) is 0 Å². The highest BCUT2D eigenvalue weighted by atomic mass is 19.4. The molecule has 1 unspecified atom stereocenters. The largest absolute Gasteiger partial charge is 0.573 e. The van der Waals surface area contributed by atoms with Crippen molar-refractivity contribution in [3.05, 3.63) is 29.8 Å². The summed E-state index contributed by atoms with van der Waals surface area (Å²) in [6.07, 6.45) is -5.27. The van der Waals surface area contributed by atoms with Crippen molar-refractivity contribution in [2.45, 2.75) is 25.8 Å². The number of alkyl halides is 3. The molecule has 0 aliphatic carbocycles. The Bertz CT molecular complexity index is 321. The van der Waals surface area contributed by atoms with Crippen LogP contribution < -0.4 is 4.74 Å².